The standard InChI is InChI=1S/C10H15F2N/c1-3-8(4-2)13-9-5-6-10(11,12)7-9/h1,8-9,13H,4-7H2,2H3. The molecule has 1 nitrogen and oxygen atoms in total. The summed E-state index contributed by atoms with van der Waals surface area (Å²) in [5, 5.41) is 3.05. The zero-order valence-electron chi connectivity index (χ0n) is 7.82. The number of rotatable bonds is 3. The number of hydrogen-bond donors (Lipinski definition) is 1. The van der Waals surface area contributed by atoms with Gasteiger partial charge in [-0.25, -0.2) is 8.78 Å². The average molecular weight is 187 g/mol. The van der Waals surface area contributed by atoms with Gasteiger partial charge in [-0.1, -0.05) is 12.8 Å². The molecule has 0 aromatic rings. The lowest BCUT2D eigenvalue weighted by Crippen LogP contribution is -2.36. The fourth-order valence-electron chi connectivity index (χ4n) is 1.66. The Kier molecular flexibility index (Phi) is 3.27. The Bertz CT molecular complexity index is 207. The van der Waals surface area contributed by atoms with Crippen molar-refractivity contribution in [1.29, 1.82) is 0 Å². The third-order valence-corrected chi connectivity index (χ3v) is 2.45. The van der Waals surface area contributed by atoms with Crippen LogP contribution in [-0.2, 0) is 0 Å². The van der Waals surface area contributed by atoms with Gasteiger partial charge in [-0.2, -0.15) is 0 Å². The van der Waals surface area contributed by atoms with E-state index in [1.54, 1.807) is 0 Å². The van der Waals surface area contributed by atoms with Crippen molar-refractivity contribution in [1.82, 2.24) is 5.32 Å². The van der Waals surface area contributed by atoms with Crippen molar-refractivity contribution in [3.8, 4) is 12.3 Å². The summed E-state index contributed by atoms with van der Waals surface area (Å²) >= 11 is 0. The van der Waals surface area contributed by atoms with Gasteiger partial charge in [0.05, 0.1) is 6.04 Å². The molecular weight excluding hydrogens is 172 g/mol. The molecule has 0 saturated heterocycles. The third kappa shape index (κ3) is 2.96. The summed E-state index contributed by atoms with van der Waals surface area (Å²) in [6.07, 6.45) is 6.48. The number of alkyl halides is 2. The minimum Gasteiger partial charge on any atom is -0.301 e. The van der Waals surface area contributed by atoms with Crippen molar-refractivity contribution < 1.29 is 8.78 Å². The molecule has 1 aliphatic rings. The monoisotopic (exact) mass is 187 g/mol. The van der Waals surface area contributed by atoms with Gasteiger partial charge in [-0.05, 0) is 12.8 Å². The molecule has 2 atom stereocenters. The Balaban J connectivity index is 2.36. The van der Waals surface area contributed by atoms with Crippen LogP contribution in [0.2, 0.25) is 0 Å². The highest BCUT2D eigenvalue weighted by atomic mass is 19.3. The molecule has 2 unspecified atom stereocenters. The topological polar surface area (TPSA) is 12.0 Å². The Morgan fingerprint density at radius 1 is 1.69 bits per heavy atom. The van der Waals surface area contributed by atoms with Crippen molar-refractivity contribution in [2.75, 3.05) is 0 Å². The maximum atomic E-state index is 12.8. The Hall–Kier alpha value is -0.620. The van der Waals surface area contributed by atoms with E-state index in [2.05, 4.69) is 11.2 Å². The predicted octanol–water partition coefficient (Wildman–Crippen LogP) is 2.18. The first-order valence-corrected chi connectivity index (χ1v) is 4.67. The van der Waals surface area contributed by atoms with Crippen LogP contribution in [0.15, 0.2) is 0 Å². The molecule has 1 aliphatic carbocycles. The first-order valence-electron chi connectivity index (χ1n) is 4.67. The van der Waals surface area contributed by atoms with Crippen molar-refractivity contribution in [2.24, 2.45) is 0 Å². The van der Waals surface area contributed by atoms with Crippen LogP contribution in [0.1, 0.15) is 32.6 Å². The molecule has 0 aliphatic heterocycles. The van der Waals surface area contributed by atoms with Gasteiger partial charge < -0.3 is 5.32 Å². The quantitative estimate of drug-likeness (QED) is 0.668. The fraction of sp³-hybridized carbons (Fsp3) is 0.800. The second-order valence-corrected chi connectivity index (χ2v) is 3.59. The number of terminal acetylenes is 1. The molecular formula is C10H15F2N. The third-order valence-electron chi connectivity index (χ3n) is 2.45. The fourth-order valence-corrected chi connectivity index (χ4v) is 1.66. The van der Waals surface area contributed by atoms with Gasteiger partial charge in [-0.3, -0.25) is 0 Å². The molecule has 1 rings (SSSR count). The lowest BCUT2D eigenvalue weighted by atomic mass is 10.1. The van der Waals surface area contributed by atoms with E-state index in [1.165, 1.54) is 0 Å². The minimum atomic E-state index is -2.48. The van der Waals surface area contributed by atoms with Crippen LogP contribution in [0.5, 0.6) is 0 Å². The normalized spacial score (nSPS) is 28.3. The van der Waals surface area contributed by atoms with E-state index in [-0.39, 0.29) is 24.9 Å². The van der Waals surface area contributed by atoms with Crippen molar-refractivity contribution >= 4 is 0 Å². The maximum Gasteiger partial charge on any atom is 0.249 e. The largest absolute Gasteiger partial charge is 0.301 e. The second-order valence-electron chi connectivity index (χ2n) is 3.59. The lowest BCUT2D eigenvalue weighted by Gasteiger charge is -2.17. The highest BCUT2D eigenvalue weighted by Crippen LogP contribution is 2.34. The molecule has 13 heavy (non-hydrogen) atoms. The molecule has 3 heteroatoms. The molecule has 1 saturated carbocycles. The van der Waals surface area contributed by atoms with Gasteiger partial charge in [0, 0.05) is 18.9 Å². The average Bonchev–Trinajstić information content (AvgIpc) is 2.41. The van der Waals surface area contributed by atoms with Crippen molar-refractivity contribution in [3.63, 3.8) is 0 Å². The van der Waals surface area contributed by atoms with E-state index in [4.69, 9.17) is 6.42 Å². The van der Waals surface area contributed by atoms with Crippen molar-refractivity contribution in [3.05, 3.63) is 0 Å². The zero-order valence-corrected chi connectivity index (χ0v) is 7.82. The second kappa shape index (κ2) is 4.06. The molecule has 0 aromatic carbocycles. The summed E-state index contributed by atoms with van der Waals surface area (Å²) in [7, 11) is 0. The summed E-state index contributed by atoms with van der Waals surface area (Å²) in [5.41, 5.74) is 0. The molecule has 0 aromatic heterocycles. The molecule has 1 N–H and O–H groups in total. The number of nitrogens with one attached hydrogen (secondary N) is 1. The molecule has 0 bridgehead atoms. The smallest absolute Gasteiger partial charge is 0.249 e. The van der Waals surface area contributed by atoms with Gasteiger partial charge in [0.15, 0.2) is 0 Å². The zero-order chi connectivity index (χ0) is 9.90. The van der Waals surface area contributed by atoms with E-state index in [0.717, 1.165) is 6.42 Å². The van der Waals surface area contributed by atoms with Crippen LogP contribution < -0.4 is 5.32 Å². The highest BCUT2D eigenvalue weighted by molar-refractivity contribution is 5.00. The van der Waals surface area contributed by atoms with E-state index in [1.807, 2.05) is 6.92 Å². The van der Waals surface area contributed by atoms with Crippen LogP contribution >= 0.6 is 0 Å². The first-order chi connectivity index (χ1) is 6.07. The predicted molar refractivity (Wildman–Crippen MR) is 48.6 cm³/mol. The summed E-state index contributed by atoms with van der Waals surface area (Å²) in [6.45, 7) is 1.95. The highest BCUT2D eigenvalue weighted by Gasteiger charge is 2.39. The number of hydrogen-bond acceptors (Lipinski definition) is 1. The maximum absolute atomic E-state index is 12.8. The van der Waals surface area contributed by atoms with Crippen LogP contribution in [0.4, 0.5) is 8.78 Å². The van der Waals surface area contributed by atoms with Gasteiger partial charge in [0.1, 0.15) is 0 Å². The van der Waals surface area contributed by atoms with Crippen LogP contribution in [0, 0.1) is 12.3 Å². The molecule has 0 heterocycles. The molecule has 0 radical (unpaired) electrons. The summed E-state index contributed by atoms with van der Waals surface area (Å²) in [6, 6.07) is -0.158. The van der Waals surface area contributed by atoms with Crippen LogP contribution in [0.25, 0.3) is 0 Å². The Morgan fingerprint density at radius 2 is 2.38 bits per heavy atom. The van der Waals surface area contributed by atoms with Crippen LogP contribution in [0.3, 0.4) is 0 Å². The summed E-state index contributed by atoms with van der Waals surface area (Å²) in [4.78, 5) is 0. The van der Waals surface area contributed by atoms with Gasteiger partial charge in [0.25, 0.3) is 0 Å². The Labute approximate surface area is 77.9 Å². The summed E-state index contributed by atoms with van der Waals surface area (Å²) in [5.74, 6) is 0.0684. The summed E-state index contributed by atoms with van der Waals surface area (Å²) < 4.78 is 25.5. The molecule has 0 spiro atoms. The van der Waals surface area contributed by atoms with Gasteiger partial charge in [-0.15, -0.1) is 6.42 Å². The molecule has 1 fully saturated rings. The van der Waals surface area contributed by atoms with Gasteiger partial charge >= 0.3 is 0 Å². The van der Waals surface area contributed by atoms with E-state index in [0.29, 0.717) is 6.42 Å². The molecule has 74 valence electrons. The van der Waals surface area contributed by atoms with Crippen molar-refractivity contribution in [2.45, 2.75) is 50.6 Å². The SMILES string of the molecule is C#CC(CC)NC1CCC(F)(F)C1. The minimum absolute atomic E-state index is 0.00826. The number of halogens is 2. The van der Waals surface area contributed by atoms with E-state index >= 15 is 0 Å². The lowest BCUT2D eigenvalue weighted by molar-refractivity contribution is 0.00676. The van der Waals surface area contributed by atoms with Gasteiger partial charge in [0.2, 0.25) is 5.92 Å². The van der Waals surface area contributed by atoms with Crippen LogP contribution in [-0.4, -0.2) is 18.0 Å². The van der Waals surface area contributed by atoms with E-state index < -0.39 is 5.92 Å². The van der Waals surface area contributed by atoms with E-state index in [9.17, 15) is 8.78 Å². The first kappa shape index (κ1) is 10.5. The molecule has 0 amide bonds. The Morgan fingerprint density at radius 3 is 2.77 bits per heavy atom.